The maximum atomic E-state index is 11.9. The average Bonchev–Trinajstić information content (AvgIpc) is 2.55. The first-order valence-electron chi connectivity index (χ1n) is 6.84. The van der Waals surface area contributed by atoms with Crippen molar-refractivity contribution in [2.75, 3.05) is 32.8 Å². The lowest BCUT2D eigenvalue weighted by Gasteiger charge is -2.26. The molecular weight excluding hydrogens is 270 g/mol. The zero-order chi connectivity index (χ0) is 15.1. The Bertz CT molecular complexity index is 542. The third-order valence-electron chi connectivity index (χ3n) is 3.26. The lowest BCUT2D eigenvalue weighted by molar-refractivity contribution is -0.135. The van der Waals surface area contributed by atoms with Crippen LogP contribution in [-0.2, 0) is 9.53 Å². The Labute approximate surface area is 123 Å². The molecule has 0 bridgehead atoms. The molecule has 6 heteroatoms. The second-order valence-corrected chi connectivity index (χ2v) is 4.69. The maximum Gasteiger partial charge on any atom is 0.251 e. The molecule has 0 spiro atoms. The molecule has 1 saturated heterocycles. The Kier molecular flexibility index (Phi) is 5.29. The summed E-state index contributed by atoms with van der Waals surface area (Å²) in [7, 11) is 0. The van der Waals surface area contributed by atoms with Crippen molar-refractivity contribution >= 4 is 11.8 Å². The van der Waals surface area contributed by atoms with Gasteiger partial charge >= 0.3 is 0 Å². The van der Waals surface area contributed by atoms with Crippen molar-refractivity contribution in [3.8, 4) is 6.07 Å². The van der Waals surface area contributed by atoms with Crippen LogP contribution in [0, 0.1) is 11.3 Å². The molecule has 21 heavy (non-hydrogen) atoms. The van der Waals surface area contributed by atoms with E-state index in [1.165, 1.54) is 0 Å². The molecule has 0 radical (unpaired) electrons. The van der Waals surface area contributed by atoms with E-state index in [2.05, 4.69) is 5.32 Å². The summed E-state index contributed by atoms with van der Waals surface area (Å²) < 4.78 is 5.18. The van der Waals surface area contributed by atoms with E-state index in [1.54, 1.807) is 29.2 Å². The summed E-state index contributed by atoms with van der Waals surface area (Å²) in [5, 5.41) is 11.4. The van der Waals surface area contributed by atoms with E-state index in [0.717, 1.165) is 0 Å². The molecule has 0 saturated carbocycles. The van der Waals surface area contributed by atoms with Gasteiger partial charge in [-0.2, -0.15) is 5.26 Å². The zero-order valence-electron chi connectivity index (χ0n) is 11.7. The SMILES string of the molecule is N#Cc1ccc(C(=O)NCCC(=O)N2CCOCC2)cc1. The van der Waals surface area contributed by atoms with Crippen LogP contribution < -0.4 is 5.32 Å². The zero-order valence-corrected chi connectivity index (χ0v) is 11.7. The van der Waals surface area contributed by atoms with Crippen LogP contribution in [0.25, 0.3) is 0 Å². The van der Waals surface area contributed by atoms with Crippen molar-refractivity contribution < 1.29 is 14.3 Å². The van der Waals surface area contributed by atoms with Crippen molar-refractivity contribution in [2.45, 2.75) is 6.42 Å². The number of hydrogen-bond donors (Lipinski definition) is 1. The summed E-state index contributed by atoms with van der Waals surface area (Å²) in [5.74, 6) is -0.215. The van der Waals surface area contributed by atoms with Crippen LogP contribution >= 0.6 is 0 Å². The first-order valence-corrected chi connectivity index (χ1v) is 6.84. The molecule has 1 aliphatic rings. The molecule has 6 nitrogen and oxygen atoms in total. The van der Waals surface area contributed by atoms with Crippen molar-refractivity contribution in [3.63, 3.8) is 0 Å². The summed E-state index contributed by atoms with van der Waals surface area (Å²) in [4.78, 5) is 25.5. The minimum absolute atomic E-state index is 0.0263. The van der Waals surface area contributed by atoms with Gasteiger partial charge < -0.3 is 15.0 Å². The van der Waals surface area contributed by atoms with Crippen LogP contribution in [0.2, 0.25) is 0 Å². The second kappa shape index (κ2) is 7.41. The van der Waals surface area contributed by atoms with Gasteiger partial charge in [0.1, 0.15) is 0 Å². The van der Waals surface area contributed by atoms with Crippen LogP contribution in [0.15, 0.2) is 24.3 Å². The largest absolute Gasteiger partial charge is 0.378 e. The molecule has 1 aromatic carbocycles. The van der Waals surface area contributed by atoms with E-state index in [0.29, 0.717) is 44.0 Å². The van der Waals surface area contributed by atoms with Crippen LogP contribution in [0.1, 0.15) is 22.3 Å². The summed E-state index contributed by atoms with van der Waals surface area (Å²) >= 11 is 0. The standard InChI is InChI=1S/C15H17N3O3/c16-11-12-1-3-13(4-2-12)15(20)17-6-5-14(19)18-7-9-21-10-8-18/h1-4H,5-10H2,(H,17,20). The van der Waals surface area contributed by atoms with Gasteiger partial charge in [-0.15, -0.1) is 0 Å². The van der Waals surface area contributed by atoms with Gasteiger partial charge in [0, 0.05) is 31.6 Å². The van der Waals surface area contributed by atoms with Gasteiger partial charge in [0.2, 0.25) is 5.91 Å². The monoisotopic (exact) mass is 287 g/mol. The molecule has 2 amide bonds. The third kappa shape index (κ3) is 4.29. The fourth-order valence-corrected chi connectivity index (χ4v) is 2.05. The van der Waals surface area contributed by atoms with Gasteiger partial charge in [-0.05, 0) is 24.3 Å². The van der Waals surface area contributed by atoms with E-state index >= 15 is 0 Å². The van der Waals surface area contributed by atoms with E-state index < -0.39 is 0 Å². The van der Waals surface area contributed by atoms with Crippen LogP contribution in [-0.4, -0.2) is 49.6 Å². The van der Waals surface area contributed by atoms with E-state index in [1.807, 2.05) is 6.07 Å². The number of rotatable bonds is 4. The number of benzene rings is 1. The smallest absolute Gasteiger partial charge is 0.251 e. The van der Waals surface area contributed by atoms with Crippen LogP contribution in [0.3, 0.4) is 0 Å². The summed E-state index contributed by atoms with van der Waals surface area (Å²) in [5.41, 5.74) is 0.988. The highest BCUT2D eigenvalue weighted by atomic mass is 16.5. The molecule has 2 rings (SSSR count). The first kappa shape index (κ1) is 15.0. The second-order valence-electron chi connectivity index (χ2n) is 4.69. The van der Waals surface area contributed by atoms with Gasteiger partial charge in [-0.25, -0.2) is 0 Å². The highest BCUT2D eigenvalue weighted by molar-refractivity contribution is 5.94. The number of amides is 2. The van der Waals surface area contributed by atoms with Crippen molar-refractivity contribution in [2.24, 2.45) is 0 Å². The summed E-state index contributed by atoms with van der Waals surface area (Å²) in [6, 6.07) is 8.37. The molecule has 1 aromatic rings. The number of nitrogens with zero attached hydrogens (tertiary/aromatic N) is 2. The van der Waals surface area contributed by atoms with E-state index in [-0.39, 0.29) is 18.2 Å². The number of carbonyl (C=O) groups excluding carboxylic acids is 2. The quantitative estimate of drug-likeness (QED) is 0.876. The Morgan fingerprint density at radius 1 is 1.24 bits per heavy atom. The number of hydrogen-bond acceptors (Lipinski definition) is 4. The first-order chi connectivity index (χ1) is 10.2. The molecule has 1 heterocycles. The van der Waals surface area contributed by atoms with Crippen LogP contribution in [0.5, 0.6) is 0 Å². The number of nitrogens with one attached hydrogen (secondary N) is 1. The van der Waals surface area contributed by atoms with Gasteiger partial charge in [0.15, 0.2) is 0 Å². The molecule has 0 unspecified atom stereocenters. The third-order valence-corrected chi connectivity index (χ3v) is 3.26. The molecule has 1 aliphatic heterocycles. The lowest BCUT2D eigenvalue weighted by Crippen LogP contribution is -2.42. The van der Waals surface area contributed by atoms with Gasteiger partial charge in [0.25, 0.3) is 5.91 Å². The molecule has 1 fully saturated rings. The highest BCUT2D eigenvalue weighted by Gasteiger charge is 2.16. The number of ether oxygens (including phenoxy) is 1. The Balaban J connectivity index is 1.75. The number of carbonyl (C=O) groups is 2. The molecular formula is C15H17N3O3. The van der Waals surface area contributed by atoms with E-state index in [4.69, 9.17) is 10.00 Å². The Morgan fingerprint density at radius 3 is 2.52 bits per heavy atom. The number of morpholine rings is 1. The summed E-state index contributed by atoms with van der Waals surface area (Å²) in [6.07, 6.45) is 0.280. The molecule has 0 aromatic heterocycles. The van der Waals surface area contributed by atoms with E-state index in [9.17, 15) is 9.59 Å². The average molecular weight is 287 g/mol. The van der Waals surface area contributed by atoms with Crippen molar-refractivity contribution in [3.05, 3.63) is 35.4 Å². The predicted molar refractivity (Wildman–Crippen MR) is 75.5 cm³/mol. The lowest BCUT2D eigenvalue weighted by atomic mass is 10.1. The summed E-state index contributed by atoms with van der Waals surface area (Å²) in [6.45, 7) is 2.67. The normalized spacial score (nSPS) is 14.3. The van der Waals surface area contributed by atoms with Crippen LogP contribution in [0.4, 0.5) is 0 Å². The molecule has 0 aliphatic carbocycles. The van der Waals surface area contributed by atoms with Gasteiger partial charge in [-0.3, -0.25) is 9.59 Å². The van der Waals surface area contributed by atoms with Crippen molar-refractivity contribution in [1.29, 1.82) is 5.26 Å². The Morgan fingerprint density at radius 2 is 1.90 bits per heavy atom. The maximum absolute atomic E-state index is 11.9. The number of nitriles is 1. The Hall–Kier alpha value is -2.39. The fourth-order valence-electron chi connectivity index (χ4n) is 2.05. The van der Waals surface area contributed by atoms with Gasteiger partial charge in [0.05, 0.1) is 24.8 Å². The minimum Gasteiger partial charge on any atom is -0.378 e. The molecule has 0 atom stereocenters. The minimum atomic E-state index is -0.241. The topological polar surface area (TPSA) is 82.4 Å². The predicted octanol–water partition coefficient (Wildman–Crippen LogP) is 0.537. The highest BCUT2D eigenvalue weighted by Crippen LogP contribution is 2.03. The van der Waals surface area contributed by atoms with Gasteiger partial charge in [-0.1, -0.05) is 0 Å². The fraction of sp³-hybridized carbons (Fsp3) is 0.400. The van der Waals surface area contributed by atoms with Crippen molar-refractivity contribution in [1.82, 2.24) is 10.2 Å². The molecule has 110 valence electrons. The molecule has 1 N–H and O–H groups in total.